The van der Waals surface area contributed by atoms with Crippen molar-refractivity contribution >= 4 is 40.7 Å². The minimum atomic E-state index is -1.37. The van der Waals surface area contributed by atoms with E-state index in [-0.39, 0.29) is 37.4 Å². The van der Waals surface area contributed by atoms with Crippen LogP contribution in [-0.2, 0) is 19.1 Å². The van der Waals surface area contributed by atoms with Crippen LogP contribution in [-0.4, -0.2) is 77.8 Å². The van der Waals surface area contributed by atoms with E-state index in [0.717, 1.165) is 0 Å². The van der Waals surface area contributed by atoms with Crippen LogP contribution in [0, 0.1) is 11.8 Å². The summed E-state index contributed by atoms with van der Waals surface area (Å²) in [4.78, 5) is 48.3. The molecule has 4 heterocycles. The third-order valence-electron chi connectivity index (χ3n) is 8.97. The maximum Gasteiger partial charge on any atom is 0.253 e. The number of ether oxygens (including phenoxy) is 2. The molecule has 3 amide bonds. The van der Waals surface area contributed by atoms with Gasteiger partial charge in [-0.1, -0.05) is 48.0 Å². The first-order chi connectivity index (χ1) is 20.8. The highest BCUT2D eigenvalue weighted by molar-refractivity contribution is 6.34. The summed E-state index contributed by atoms with van der Waals surface area (Å²) in [6.45, 7) is 5.04. The first kappa shape index (κ1) is 29.4. The number of unbranched alkanes of at least 4 members (excludes halogenated alkanes) is 1. The summed E-state index contributed by atoms with van der Waals surface area (Å²) in [7, 11) is 0. The normalized spacial score (nSPS) is 29.8. The van der Waals surface area contributed by atoms with Crippen molar-refractivity contribution in [1.82, 2.24) is 4.90 Å². The van der Waals surface area contributed by atoms with E-state index in [0.29, 0.717) is 48.1 Å². The van der Waals surface area contributed by atoms with E-state index in [9.17, 15) is 19.5 Å². The van der Waals surface area contributed by atoms with Crippen molar-refractivity contribution in [2.75, 3.05) is 42.6 Å². The second-order valence-corrected chi connectivity index (χ2v) is 11.9. The fourth-order valence-corrected chi connectivity index (χ4v) is 7.40. The van der Waals surface area contributed by atoms with E-state index < -0.39 is 29.1 Å². The molecule has 43 heavy (non-hydrogen) atoms. The van der Waals surface area contributed by atoms with E-state index >= 15 is 0 Å². The second-order valence-electron chi connectivity index (χ2n) is 11.5. The lowest BCUT2D eigenvalue weighted by Gasteiger charge is -2.37. The Bertz CT molecular complexity index is 1480. The van der Waals surface area contributed by atoms with E-state index in [1.54, 1.807) is 32.9 Å². The van der Waals surface area contributed by atoms with Gasteiger partial charge in [-0.3, -0.25) is 14.4 Å². The minimum absolute atomic E-state index is 0.0294. The zero-order valence-corrected chi connectivity index (χ0v) is 25.1. The lowest BCUT2D eigenvalue weighted by molar-refractivity contribution is -0.144. The van der Waals surface area contributed by atoms with E-state index in [2.05, 4.69) is 0 Å². The number of para-hydroxylation sites is 1. The number of hydrogen-bond donors (Lipinski definition) is 1. The van der Waals surface area contributed by atoms with Gasteiger partial charge in [0.25, 0.3) is 5.91 Å². The zero-order chi connectivity index (χ0) is 30.4. The maximum atomic E-state index is 14.5. The van der Waals surface area contributed by atoms with Crippen molar-refractivity contribution in [3.63, 3.8) is 0 Å². The number of fused-ring (bicyclic) bond motifs is 2. The summed E-state index contributed by atoms with van der Waals surface area (Å²) in [6, 6.07) is 13.4. The molecular weight excluding hydrogens is 570 g/mol. The molecule has 0 aromatic heterocycles. The third kappa shape index (κ3) is 4.74. The van der Waals surface area contributed by atoms with Crippen LogP contribution in [0.15, 0.2) is 72.8 Å². The molecule has 4 aliphatic heterocycles. The number of carbonyl (C=O) groups is 3. The Balaban J connectivity index is 1.43. The summed E-state index contributed by atoms with van der Waals surface area (Å²) in [5, 5.41) is 9.88. The Hall–Kier alpha value is -3.66. The average Bonchev–Trinajstić information content (AvgIpc) is 3.25. The van der Waals surface area contributed by atoms with Gasteiger partial charge in [0.2, 0.25) is 11.8 Å². The van der Waals surface area contributed by atoms with E-state index in [1.807, 2.05) is 68.5 Å². The molecule has 0 aliphatic carbocycles. The van der Waals surface area contributed by atoms with Gasteiger partial charge >= 0.3 is 0 Å². The van der Waals surface area contributed by atoms with Crippen molar-refractivity contribution in [1.29, 1.82) is 0 Å². The Morgan fingerprint density at radius 2 is 1.65 bits per heavy atom. The molecule has 6 rings (SSSR count). The average molecular weight is 606 g/mol. The van der Waals surface area contributed by atoms with Crippen LogP contribution in [0.5, 0.6) is 5.75 Å². The van der Waals surface area contributed by atoms with Crippen LogP contribution in [0.2, 0.25) is 5.02 Å². The molecule has 226 valence electrons. The number of anilines is 2. The summed E-state index contributed by atoms with van der Waals surface area (Å²) >= 11 is 6.53. The molecule has 9 nitrogen and oxygen atoms in total. The number of carbonyl (C=O) groups excluding carboxylic acids is 3. The Morgan fingerprint density at radius 1 is 0.930 bits per heavy atom. The fourth-order valence-electron chi connectivity index (χ4n) is 7.16. The number of halogens is 1. The number of amides is 3. The molecule has 1 N–H and O–H groups in total. The smallest absolute Gasteiger partial charge is 0.253 e. The van der Waals surface area contributed by atoms with Crippen molar-refractivity contribution in [2.45, 2.75) is 43.9 Å². The van der Waals surface area contributed by atoms with Gasteiger partial charge < -0.3 is 29.3 Å². The quantitative estimate of drug-likeness (QED) is 0.361. The number of aliphatic hydroxyl groups is 1. The number of rotatable bonds is 8. The number of likely N-dealkylation sites (tertiary alicyclic amines) is 1. The fraction of sp³-hybridized carbons (Fsp3) is 0.424. The van der Waals surface area contributed by atoms with Gasteiger partial charge in [-0.25, -0.2) is 0 Å². The Labute approximate surface area is 256 Å². The van der Waals surface area contributed by atoms with E-state index in [4.69, 9.17) is 21.1 Å². The molecule has 2 aromatic rings. The predicted molar refractivity (Wildman–Crippen MR) is 163 cm³/mol. The summed E-state index contributed by atoms with van der Waals surface area (Å²) in [5.74, 6) is -1.96. The van der Waals surface area contributed by atoms with Gasteiger partial charge in [-0.15, -0.1) is 0 Å². The van der Waals surface area contributed by atoms with Gasteiger partial charge in [0.05, 0.1) is 34.8 Å². The molecule has 1 spiro atoms. The van der Waals surface area contributed by atoms with Gasteiger partial charge in [0.1, 0.15) is 17.4 Å². The van der Waals surface area contributed by atoms with Crippen molar-refractivity contribution < 1.29 is 29.0 Å². The maximum absolute atomic E-state index is 14.5. The van der Waals surface area contributed by atoms with Crippen LogP contribution in [0.25, 0.3) is 0 Å². The predicted octanol–water partition coefficient (Wildman–Crippen LogP) is 3.99. The standard InChI is InChI=1S/C33H36ClN3O6/c1-3-42-23-14-12-22(13-15-23)35-19-8-16-32(2)26(29(35)39)27-30(40)37(18-6-7-21-38)28-31(41)36(20-9-17-33(27,28)43-32)25-11-5-4-10-24(25)34/h4-5,8-17,26-28,38H,3,6-7,18-21H2,1-2H3/t26-,27-,28?,32+,33-/m0/s1. The number of nitrogens with zero attached hydrogens (tertiary/aromatic N) is 3. The molecule has 5 atom stereocenters. The largest absolute Gasteiger partial charge is 0.494 e. The molecule has 1 unspecified atom stereocenters. The molecule has 2 aromatic carbocycles. The van der Waals surface area contributed by atoms with Gasteiger partial charge in [0, 0.05) is 31.9 Å². The second kappa shape index (κ2) is 11.4. The van der Waals surface area contributed by atoms with Crippen molar-refractivity contribution in [3.05, 3.63) is 77.9 Å². The first-order valence-corrected chi connectivity index (χ1v) is 15.2. The highest BCUT2D eigenvalue weighted by Crippen LogP contribution is 2.58. The van der Waals surface area contributed by atoms with Crippen molar-refractivity contribution in [3.8, 4) is 5.75 Å². The highest BCUT2D eigenvalue weighted by Gasteiger charge is 2.74. The molecule has 0 bridgehead atoms. The molecule has 10 heteroatoms. The van der Waals surface area contributed by atoms with Crippen LogP contribution in [0.1, 0.15) is 26.7 Å². The highest BCUT2D eigenvalue weighted by atomic mass is 35.5. The SMILES string of the molecule is CCOc1ccc(N2CC=C[C@@]3(C)O[C@]45C=CCN(c6ccccc6Cl)C(=O)C4N(CCCCO)C(=O)[C@@H]5[C@H]3C2=O)cc1. The van der Waals surface area contributed by atoms with Crippen molar-refractivity contribution in [2.24, 2.45) is 11.8 Å². The van der Waals surface area contributed by atoms with Crippen LogP contribution in [0.4, 0.5) is 11.4 Å². The molecule has 0 radical (unpaired) electrons. The number of hydrogen-bond acceptors (Lipinski definition) is 6. The monoisotopic (exact) mass is 605 g/mol. The van der Waals surface area contributed by atoms with Crippen LogP contribution >= 0.6 is 11.6 Å². The third-order valence-corrected chi connectivity index (χ3v) is 9.29. The lowest BCUT2D eigenvalue weighted by atomic mass is 9.74. The topological polar surface area (TPSA) is 99.6 Å². The summed E-state index contributed by atoms with van der Waals surface area (Å²) < 4.78 is 12.5. The summed E-state index contributed by atoms with van der Waals surface area (Å²) in [5.41, 5.74) is -1.28. The molecular formula is C33H36ClN3O6. The molecule has 0 saturated carbocycles. The molecule has 4 aliphatic rings. The summed E-state index contributed by atoms with van der Waals surface area (Å²) in [6.07, 6.45) is 8.39. The van der Waals surface area contributed by atoms with Gasteiger partial charge in [-0.2, -0.15) is 0 Å². The molecule has 2 saturated heterocycles. The zero-order valence-electron chi connectivity index (χ0n) is 24.3. The Morgan fingerprint density at radius 3 is 2.37 bits per heavy atom. The minimum Gasteiger partial charge on any atom is -0.494 e. The lowest BCUT2D eigenvalue weighted by Crippen LogP contribution is -2.56. The number of aliphatic hydroxyl groups excluding tert-OH is 1. The van der Waals surface area contributed by atoms with Gasteiger partial charge in [0.15, 0.2) is 0 Å². The van der Waals surface area contributed by atoms with Crippen LogP contribution in [0.3, 0.4) is 0 Å². The Kier molecular flexibility index (Phi) is 7.83. The number of benzene rings is 2. The molecule has 2 fully saturated rings. The van der Waals surface area contributed by atoms with Gasteiger partial charge in [-0.05, 0) is 63.1 Å². The first-order valence-electron chi connectivity index (χ1n) is 14.8. The van der Waals surface area contributed by atoms with E-state index in [1.165, 1.54) is 0 Å². The van der Waals surface area contributed by atoms with Crippen LogP contribution < -0.4 is 14.5 Å².